The molecule has 1 aromatic heterocycles. The largest absolute Gasteiger partial charge is 0.352 e. The fourth-order valence-electron chi connectivity index (χ4n) is 7.79. The Balaban J connectivity index is 1.47. The molecule has 252 valence electrons. The van der Waals surface area contributed by atoms with E-state index in [-0.39, 0.29) is 47.8 Å². The number of aromatic amines is 1. The quantitative estimate of drug-likeness (QED) is 0.259. The molecule has 3 aromatic rings. The van der Waals surface area contributed by atoms with Crippen LogP contribution in [0.4, 0.5) is 0 Å². The maximum atomic E-state index is 13.6. The molecule has 12 heteroatoms. The van der Waals surface area contributed by atoms with E-state index < -0.39 is 5.41 Å². The average Bonchev–Trinajstić information content (AvgIpc) is 3.44. The van der Waals surface area contributed by atoms with E-state index in [1.54, 1.807) is 4.90 Å². The van der Waals surface area contributed by atoms with Gasteiger partial charge in [-0.25, -0.2) is 5.10 Å². The molecule has 0 radical (unpaired) electrons. The minimum atomic E-state index is -0.928. The highest BCUT2D eigenvalue weighted by atomic mass is 16.2. The van der Waals surface area contributed by atoms with Crippen LogP contribution in [0.5, 0.6) is 0 Å². The molecule has 6 rings (SSSR count). The van der Waals surface area contributed by atoms with Gasteiger partial charge in [-0.2, -0.15) is 5.26 Å². The van der Waals surface area contributed by atoms with Crippen LogP contribution >= 0.6 is 0 Å². The Hall–Kier alpha value is -4.63. The Kier molecular flexibility index (Phi) is 9.09. The van der Waals surface area contributed by atoms with E-state index in [2.05, 4.69) is 63.4 Å². The minimum Gasteiger partial charge on any atom is -0.352 e. The first-order chi connectivity index (χ1) is 23.0. The lowest BCUT2D eigenvalue weighted by molar-refractivity contribution is -0.131. The predicted octanol–water partition coefficient (Wildman–Crippen LogP) is 3.04. The van der Waals surface area contributed by atoms with Gasteiger partial charge >= 0.3 is 0 Å². The highest BCUT2D eigenvalue weighted by molar-refractivity contribution is 5.95. The number of tetrazole rings is 1. The highest BCUT2D eigenvalue weighted by Gasteiger charge is 2.54. The van der Waals surface area contributed by atoms with Crippen LogP contribution in [0.15, 0.2) is 36.4 Å². The first kappa shape index (κ1) is 33.3. The molecular formula is C36H45N9O3. The first-order valence-corrected chi connectivity index (χ1v) is 17.0. The Morgan fingerprint density at radius 2 is 1.60 bits per heavy atom. The molecule has 3 aliphatic rings. The second-order valence-electron chi connectivity index (χ2n) is 14.4. The van der Waals surface area contributed by atoms with E-state index in [0.717, 1.165) is 35.1 Å². The lowest BCUT2D eigenvalue weighted by Crippen LogP contribution is -2.51. The molecule has 12 nitrogen and oxygen atoms in total. The normalized spacial score (nSPS) is 21.2. The van der Waals surface area contributed by atoms with Gasteiger partial charge in [0.05, 0.1) is 18.0 Å². The summed E-state index contributed by atoms with van der Waals surface area (Å²) in [6.07, 6.45) is 3.46. The number of nitrogens with zero attached hydrogens (tertiary/aromatic N) is 5. The van der Waals surface area contributed by atoms with Crippen molar-refractivity contribution in [2.45, 2.75) is 90.3 Å². The number of aryl methyl sites for hydroxylation is 2. The number of carbonyl (C=O) groups is 3. The number of piperidine rings is 1. The number of benzene rings is 2. The summed E-state index contributed by atoms with van der Waals surface area (Å²) in [7, 11) is 0. The number of likely N-dealkylation sites (tertiary alicyclic amines) is 1. The maximum absolute atomic E-state index is 13.6. The number of H-pyrrole nitrogens is 1. The van der Waals surface area contributed by atoms with Gasteiger partial charge in [0.1, 0.15) is 6.04 Å². The molecule has 1 aliphatic heterocycles. The monoisotopic (exact) mass is 651 g/mol. The smallest absolute Gasteiger partial charge is 0.251 e. The zero-order valence-corrected chi connectivity index (χ0v) is 28.4. The van der Waals surface area contributed by atoms with E-state index >= 15 is 0 Å². The van der Waals surface area contributed by atoms with Crippen LogP contribution in [-0.2, 0) is 23.1 Å². The maximum Gasteiger partial charge on any atom is 0.251 e. The van der Waals surface area contributed by atoms with Crippen molar-refractivity contribution < 1.29 is 14.4 Å². The molecular weight excluding hydrogens is 606 g/mol. The Bertz CT molecular complexity index is 1670. The predicted molar refractivity (Wildman–Crippen MR) is 179 cm³/mol. The third-order valence-electron chi connectivity index (χ3n) is 10.3. The second kappa shape index (κ2) is 13.1. The molecule has 48 heavy (non-hydrogen) atoms. The first-order valence-electron chi connectivity index (χ1n) is 17.0. The van der Waals surface area contributed by atoms with Crippen molar-refractivity contribution in [1.29, 1.82) is 5.26 Å². The lowest BCUT2D eigenvalue weighted by Gasteiger charge is -2.42. The van der Waals surface area contributed by atoms with E-state index in [1.165, 1.54) is 0 Å². The Labute approximate surface area is 281 Å². The van der Waals surface area contributed by atoms with Crippen LogP contribution in [0.1, 0.15) is 103 Å². The SMILES string of the molecule is CCNC(=O)c1ccc2c(c1)CCc1cc(C(=O)NCC)ccc1C2(C[C@@H](NCC(=O)N1[C@H](C#N)C[C@@H]2C[C@@H]21)C(C)(C)C)c1nnn[nH]1. The Morgan fingerprint density at radius 3 is 2.10 bits per heavy atom. The van der Waals surface area contributed by atoms with Crippen molar-refractivity contribution in [2.24, 2.45) is 11.3 Å². The topological polar surface area (TPSA) is 169 Å². The zero-order valence-electron chi connectivity index (χ0n) is 28.4. The third-order valence-corrected chi connectivity index (χ3v) is 10.3. The molecule has 2 aliphatic carbocycles. The molecule has 2 aromatic carbocycles. The summed E-state index contributed by atoms with van der Waals surface area (Å²) in [6, 6.07) is 13.5. The summed E-state index contributed by atoms with van der Waals surface area (Å²) >= 11 is 0. The van der Waals surface area contributed by atoms with Crippen molar-refractivity contribution in [3.63, 3.8) is 0 Å². The molecule has 1 saturated heterocycles. The fourth-order valence-corrected chi connectivity index (χ4v) is 7.79. The van der Waals surface area contributed by atoms with Crippen LogP contribution in [0.3, 0.4) is 0 Å². The standard InChI is InChI=1S/C36H45N9O3/c1-6-38-32(47)23-10-12-27-21(14-23)8-9-22-15-24(33(48)39-7-2)11-13-28(22)36(27,34-41-43-44-42-34)18-30(35(3,4)5)40-20-31(46)45-26(19-37)16-25-17-29(25)45/h10-15,25-26,29-30,40H,6-9,16-18,20H2,1-5H3,(H,38,47)(H,39,48)(H,41,42,43,44)/t25-,26+,29+,30-/m1/s1. The molecule has 0 bridgehead atoms. The number of hydrogen-bond donors (Lipinski definition) is 4. The van der Waals surface area contributed by atoms with Gasteiger partial charge in [0, 0.05) is 36.3 Å². The van der Waals surface area contributed by atoms with Crippen LogP contribution in [0.25, 0.3) is 0 Å². The van der Waals surface area contributed by atoms with Crippen molar-refractivity contribution >= 4 is 17.7 Å². The number of fused-ring (bicyclic) bond motifs is 3. The van der Waals surface area contributed by atoms with Gasteiger partial charge in [-0.05, 0) is 114 Å². The molecule has 1 saturated carbocycles. The summed E-state index contributed by atoms with van der Waals surface area (Å²) in [4.78, 5) is 41.4. The van der Waals surface area contributed by atoms with Crippen molar-refractivity contribution in [2.75, 3.05) is 19.6 Å². The van der Waals surface area contributed by atoms with E-state index in [9.17, 15) is 19.6 Å². The number of rotatable bonds is 10. The fraction of sp³-hybridized carbons (Fsp3) is 0.528. The summed E-state index contributed by atoms with van der Waals surface area (Å²) in [6.45, 7) is 11.3. The van der Waals surface area contributed by atoms with Crippen LogP contribution in [0, 0.1) is 22.7 Å². The molecule has 0 spiro atoms. The number of nitrogens with one attached hydrogen (secondary N) is 4. The number of nitriles is 1. The second-order valence-corrected chi connectivity index (χ2v) is 14.4. The lowest BCUT2D eigenvalue weighted by atomic mass is 9.64. The highest BCUT2D eigenvalue weighted by Crippen LogP contribution is 2.49. The number of aromatic nitrogens is 4. The van der Waals surface area contributed by atoms with Gasteiger partial charge < -0.3 is 20.9 Å². The van der Waals surface area contributed by atoms with Crippen molar-refractivity contribution in [3.05, 3.63) is 75.6 Å². The summed E-state index contributed by atoms with van der Waals surface area (Å²) in [5, 5.41) is 34.9. The summed E-state index contributed by atoms with van der Waals surface area (Å²) < 4.78 is 0. The molecule has 3 amide bonds. The molecule has 2 fully saturated rings. The van der Waals surface area contributed by atoms with Gasteiger partial charge in [-0.3, -0.25) is 14.4 Å². The zero-order chi connectivity index (χ0) is 34.2. The van der Waals surface area contributed by atoms with Crippen LogP contribution in [-0.4, -0.2) is 81.0 Å². The number of hydrogen-bond acceptors (Lipinski definition) is 8. The molecule has 0 unspecified atom stereocenters. The average molecular weight is 652 g/mol. The van der Waals surface area contributed by atoms with Crippen molar-refractivity contribution in [1.82, 2.24) is 41.5 Å². The molecule has 4 N–H and O–H groups in total. The van der Waals surface area contributed by atoms with E-state index in [4.69, 9.17) is 0 Å². The van der Waals surface area contributed by atoms with Gasteiger partial charge in [-0.1, -0.05) is 32.9 Å². The third kappa shape index (κ3) is 6.07. The summed E-state index contributed by atoms with van der Waals surface area (Å²) in [5.74, 6) is 0.630. The summed E-state index contributed by atoms with van der Waals surface area (Å²) in [5.41, 5.74) is 3.80. The molecule has 4 atom stereocenters. The van der Waals surface area contributed by atoms with E-state index in [1.807, 2.05) is 50.2 Å². The van der Waals surface area contributed by atoms with E-state index in [0.29, 0.717) is 55.2 Å². The van der Waals surface area contributed by atoms with Crippen LogP contribution < -0.4 is 16.0 Å². The number of amides is 3. The van der Waals surface area contributed by atoms with Crippen molar-refractivity contribution in [3.8, 4) is 6.07 Å². The van der Waals surface area contributed by atoms with Gasteiger partial charge in [0.2, 0.25) is 5.91 Å². The van der Waals surface area contributed by atoms with Gasteiger partial charge in [0.25, 0.3) is 11.8 Å². The van der Waals surface area contributed by atoms with Gasteiger partial charge in [-0.15, -0.1) is 5.10 Å². The van der Waals surface area contributed by atoms with Gasteiger partial charge in [0.15, 0.2) is 5.82 Å². The minimum absolute atomic E-state index is 0.0593. The Morgan fingerprint density at radius 1 is 1.00 bits per heavy atom. The molecule has 2 heterocycles. The van der Waals surface area contributed by atoms with Crippen LogP contribution in [0.2, 0.25) is 0 Å². The number of carbonyl (C=O) groups excluding carboxylic acids is 3.